The lowest BCUT2D eigenvalue weighted by atomic mass is 9.96. The number of nitrogen functional groups attached to an aromatic ring is 1. The molecule has 0 radical (unpaired) electrons. The number of carbonyl (C=O) groups excluding carboxylic acids is 1. The van der Waals surface area contributed by atoms with E-state index in [-0.39, 0.29) is 5.91 Å². The number of morpholine rings is 1. The lowest BCUT2D eigenvalue weighted by Crippen LogP contribution is -2.36. The number of aromatic nitrogens is 1. The molecule has 0 aliphatic carbocycles. The van der Waals surface area contributed by atoms with E-state index in [2.05, 4.69) is 38.7 Å². The molecule has 0 spiro atoms. The monoisotopic (exact) mass is 557 g/mol. The zero-order valence-electron chi connectivity index (χ0n) is 23.1. The molecule has 4 aromatic carbocycles. The summed E-state index contributed by atoms with van der Waals surface area (Å²) in [6.07, 6.45) is 4.26. The lowest BCUT2D eigenvalue weighted by Gasteiger charge is -2.28. The minimum atomic E-state index is -0.150. The molecule has 8 nitrogen and oxygen atoms in total. The fraction of sp³-hybridized carbons (Fsp3) is 0.176. The third kappa shape index (κ3) is 5.08. The summed E-state index contributed by atoms with van der Waals surface area (Å²) in [5.41, 5.74) is 14.1. The van der Waals surface area contributed by atoms with Crippen LogP contribution in [0.2, 0.25) is 0 Å². The molecular formula is C34H31N5O3. The molecule has 1 fully saturated rings. The van der Waals surface area contributed by atoms with Crippen LogP contribution in [0.3, 0.4) is 0 Å². The van der Waals surface area contributed by atoms with Gasteiger partial charge < -0.3 is 30.7 Å². The quantitative estimate of drug-likeness (QED) is 0.212. The smallest absolute Gasteiger partial charge is 0.257 e. The predicted molar refractivity (Wildman–Crippen MR) is 168 cm³/mol. The number of fused-ring (bicyclic) bond motifs is 3. The fourth-order valence-electron chi connectivity index (χ4n) is 5.63. The SMILES string of the molecule is Nc1ccc(-c2ccc3c(c2)Nc2ccc(CCOc4ccc(N5CCOCC5)cc4)cc2NC3=O)c2ccncc12. The number of ether oxygens (including phenoxy) is 2. The van der Waals surface area contributed by atoms with Gasteiger partial charge in [-0.25, -0.2) is 0 Å². The molecule has 1 amide bonds. The maximum atomic E-state index is 13.2. The first-order valence-corrected chi connectivity index (χ1v) is 14.2. The first-order chi connectivity index (χ1) is 20.6. The third-order valence-corrected chi connectivity index (χ3v) is 7.90. The van der Waals surface area contributed by atoms with Gasteiger partial charge in [0.2, 0.25) is 0 Å². The van der Waals surface area contributed by atoms with Gasteiger partial charge in [0.15, 0.2) is 0 Å². The number of nitrogens with two attached hydrogens (primary N) is 1. The predicted octanol–water partition coefficient (Wildman–Crippen LogP) is 6.25. The minimum absolute atomic E-state index is 0.150. The van der Waals surface area contributed by atoms with Gasteiger partial charge in [-0.05, 0) is 82.7 Å². The topological polar surface area (TPSA) is 102 Å². The molecule has 1 saturated heterocycles. The Labute approximate surface area is 244 Å². The number of nitrogens with one attached hydrogen (secondary N) is 2. The molecule has 0 unspecified atom stereocenters. The van der Waals surface area contributed by atoms with Crippen molar-refractivity contribution in [2.75, 3.05) is 54.2 Å². The van der Waals surface area contributed by atoms with Gasteiger partial charge in [0, 0.05) is 48.7 Å². The van der Waals surface area contributed by atoms with Gasteiger partial charge in [0.25, 0.3) is 5.91 Å². The van der Waals surface area contributed by atoms with Crippen molar-refractivity contribution in [1.29, 1.82) is 0 Å². The zero-order valence-corrected chi connectivity index (χ0v) is 23.1. The van der Waals surface area contributed by atoms with E-state index in [0.717, 1.165) is 76.6 Å². The molecule has 42 heavy (non-hydrogen) atoms. The summed E-state index contributed by atoms with van der Waals surface area (Å²) in [7, 11) is 0. The summed E-state index contributed by atoms with van der Waals surface area (Å²) in [6, 6.07) is 26.0. The Bertz CT molecular complexity index is 1780. The number of pyridine rings is 1. The van der Waals surface area contributed by atoms with Crippen molar-refractivity contribution in [3.8, 4) is 16.9 Å². The second-order valence-corrected chi connectivity index (χ2v) is 10.5. The van der Waals surface area contributed by atoms with Crippen molar-refractivity contribution in [2.45, 2.75) is 6.42 Å². The minimum Gasteiger partial charge on any atom is -0.493 e. The summed E-state index contributed by atoms with van der Waals surface area (Å²) in [4.78, 5) is 19.8. The fourth-order valence-corrected chi connectivity index (χ4v) is 5.63. The zero-order chi connectivity index (χ0) is 28.5. The summed E-state index contributed by atoms with van der Waals surface area (Å²) in [5, 5.41) is 8.48. The van der Waals surface area contributed by atoms with Gasteiger partial charge in [-0.3, -0.25) is 9.78 Å². The lowest BCUT2D eigenvalue weighted by molar-refractivity contribution is 0.102. The van der Waals surface area contributed by atoms with Crippen molar-refractivity contribution in [2.24, 2.45) is 0 Å². The molecule has 4 N–H and O–H groups in total. The highest BCUT2D eigenvalue weighted by molar-refractivity contribution is 6.13. The average molecular weight is 558 g/mol. The molecule has 0 atom stereocenters. The molecule has 3 heterocycles. The van der Waals surface area contributed by atoms with E-state index in [1.54, 1.807) is 12.4 Å². The van der Waals surface area contributed by atoms with E-state index in [1.165, 1.54) is 5.69 Å². The van der Waals surface area contributed by atoms with Gasteiger partial charge in [0.1, 0.15) is 5.75 Å². The summed E-state index contributed by atoms with van der Waals surface area (Å²) in [5.74, 6) is 0.691. The average Bonchev–Trinajstić information content (AvgIpc) is 3.17. The third-order valence-electron chi connectivity index (χ3n) is 7.90. The molecule has 1 aromatic heterocycles. The number of nitrogens with zero attached hydrogens (tertiary/aromatic N) is 2. The number of carbonyl (C=O) groups is 1. The number of benzene rings is 4. The molecule has 8 heteroatoms. The molecule has 210 valence electrons. The molecule has 0 bridgehead atoms. The summed E-state index contributed by atoms with van der Waals surface area (Å²) in [6.45, 7) is 3.88. The normalized spacial score (nSPS) is 14.4. The Hall–Kier alpha value is -5.08. The number of amides is 1. The van der Waals surface area contributed by atoms with Gasteiger partial charge in [-0.15, -0.1) is 0 Å². The van der Waals surface area contributed by atoms with E-state index in [1.807, 2.05) is 60.7 Å². The first kappa shape index (κ1) is 25.9. The standard InChI is InChI=1S/C34H31N5O3/c35-30-9-8-26(27-11-13-36-21-29(27)30)23-2-7-28-32(20-23)37-31-10-1-22(19-33(31)38-34(28)40)12-16-42-25-5-3-24(4-6-25)39-14-17-41-18-15-39/h1-11,13,19-21,37H,12,14-18,35H2,(H,38,40). The molecule has 7 rings (SSSR count). The van der Waals surface area contributed by atoms with Gasteiger partial charge >= 0.3 is 0 Å². The van der Waals surface area contributed by atoms with Crippen LogP contribution in [-0.2, 0) is 11.2 Å². The number of hydrogen-bond acceptors (Lipinski definition) is 7. The summed E-state index contributed by atoms with van der Waals surface area (Å²) < 4.78 is 11.5. The van der Waals surface area contributed by atoms with Crippen LogP contribution in [0.1, 0.15) is 15.9 Å². The molecule has 2 aliphatic heterocycles. The van der Waals surface area contributed by atoms with Crippen molar-refractivity contribution in [3.05, 3.63) is 102 Å². The van der Waals surface area contributed by atoms with Crippen LogP contribution < -0.4 is 26.0 Å². The van der Waals surface area contributed by atoms with Crippen LogP contribution in [0.15, 0.2) is 91.3 Å². The van der Waals surface area contributed by atoms with Crippen molar-refractivity contribution in [3.63, 3.8) is 0 Å². The Morgan fingerprint density at radius 2 is 1.67 bits per heavy atom. The van der Waals surface area contributed by atoms with Crippen LogP contribution >= 0.6 is 0 Å². The van der Waals surface area contributed by atoms with E-state index < -0.39 is 0 Å². The van der Waals surface area contributed by atoms with Crippen LogP contribution in [0, 0.1) is 0 Å². The highest BCUT2D eigenvalue weighted by Gasteiger charge is 2.20. The number of rotatable bonds is 6. The van der Waals surface area contributed by atoms with Crippen molar-refractivity contribution < 1.29 is 14.3 Å². The molecule has 5 aromatic rings. The van der Waals surface area contributed by atoms with Crippen molar-refractivity contribution >= 4 is 45.1 Å². The maximum absolute atomic E-state index is 13.2. The van der Waals surface area contributed by atoms with E-state index >= 15 is 0 Å². The highest BCUT2D eigenvalue weighted by atomic mass is 16.5. The van der Waals surface area contributed by atoms with Crippen molar-refractivity contribution in [1.82, 2.24) is 4.98 Å². The largest absolute Gasteiger partial charge is 0.493 e. The van der Waals surface area contributed by atoms with E-state index in [0.29, 0.717) is 24.3 Å². The van der Waals surface area contributed by atoms with Crippen LogP contribution in [0.4, 0.5) is 28.4 Å². The van der Waals surface area contributed by atoms with E-state index in [9.17, 15) is 4.79 Å². The number of hydrogen-bond donors (Lipinski definition) is 3. The second kappa shape index (κ2) is 11.1. The Kier molecular flexibility index (Phi) is 6.81. The van der Waals surface area contributed by atoms with Gasteiger partial charge in [0.05, 0.1) is 42.4 Å². The Balaban J connectivity index is 1.06. The second-order valence-electron chi connectivity index (χ2n) is 10.5. The summed E-state index contributed by atoms with van der Waals surface area (Å²) >= 11 is 0. The van der Waals surface area contributed by atoms with Crippen LogP contribution in [0.5, 0.6) is 5.75 Å². The Morgan fingerprint density at radius 3 is 2.52 bits per heavy atom. The van der Waals surface area contributed by atoms with Gasteiger partial charge in [-0.1, -0.05) is 18.2 Å². The number of anilines is 5. The highest BCUT2D eigenvalue weighted by Crippen LogP contribution is 2.37. The van der Waals surface area contributed by atoms with Gasteiger partial charge in [-0.2, -0.15) is 0 Å². The molecule has 0 saturated carbocycles. The van der Waals surface area contributed by atoms with Crippen LogP contribution in [0.25, 0.3) is 21.9 Å². The maximum Gasteiger partial charge on any atom is 0.257 e. The first-order valence-electron chi connectivity index (χ1n) is 14.2. The molecule has 2 aliphatic rings. The van der Waals surface area contributed by atoms with E-state index in [4.69, 9.17) is 15.2 Å². The molecular weight excluding hydrogens is 526 g/mol. The Morgan fingerprint density at radius 1 is 0.833 bits per heavy atom. The van der Waals surface area contributed by atoms with Crippen LogP contribution in [-0.4, -0.2) is 43.8 Å².